The zero-order valence-corrected chi connectivity index (χ0v) is 11.6. The van der Waals surface area contributed by atoms with Crippen LogP contribution in [-0.4, -0.2) is 39.6 Å². The lowest BCUT2D eigenvalue weighted by molar-refractivity contribution is -0.118. The van der Waals surface area contributed by atoms with Crippen molar-refractivity contribution in [1.29, 1.82) is 0 Å². The number of aromatic nitrogens is 2. The molecule has 0 atom stereocenters. The summed E-state index contributed by atoms with van der Waals surface area (Å²) in [5.74, 6) is -0.697. The van der Waals surface area contributed by atoms with E-state index >= 15 is 0 Å². The van der Waals surface area contributed by atoms with Crippen molar-refractivity contribution in [3.63, 3.8) is 0 Å². The van der Waals surface area contributed by atoms with Crippen LogP contribution in [0.3, 0.4) is 0 Å². The normalized spacial score (nSPS) is 10.7. The Hall–Kier alpha value is -2.05. The third kappa shape index (κ3) is 3.97. The number of nitrogens with zero attached hydrogens (tertiary/aromatic N) is 3. The number of primary amides is 1. The molecule has 7 heteroatoms. The molecule has 106 valence electrons. The fourth-order valence-electron chi connectivity index (χ4n) is 1.76. The number of hydrogen-bond donors (Lipinski definition) is 2. The number of carbonyl (C=O) groups excluding carboxylic acids is 2. The Morgan fingerprint density at radius 1 is 1.47 bits per heavy atom. The van der Waals surface area contributed by atoms with Crippen molar-refractivity contribution in [3.8, 4) is 0 Å². The van der Waals surface area contributed by atoms with Crippen LogP contribution in [0.25, 0.3) is 0 Å². The van der Waals surface area contributed by atoms with Gasteiger partial charge in [0.1, 0.15) is 0 Å². The first-order valence-corrected chi connectivity index (χ1v) is 6.25. The van der Waals surface area contributed by atoms with E-state index in [9.17, 15) is 9.59 Å². The van der Waals surface area contributed by atoms with Crippen LogP contribution in [-0.2, 0) is 11.3 Å². The number of rotatable bonds is 6. The minimum Gasteiger partial charge on any atom is -0.396 e. The van der Waals surface area contributed by atoms with Gasteiger partial charge in [-0.15, -0.1) is 0 Å². The monoisotopic (exact) mass is 267 g/mol. The smallest absolute Gasteiger partial charge is 0.276 e. The number of anilines is 1. The standard InChI is InChI=1S/C12H21N5O2/c1-4-17-6-9(13)11(15-17)12(19)16(5-8(2)3)7-10(14)18/h6,8H,4-5,7,13H2,1-3H3,(H2,14,18). The fourth-order valence-corrected chi connectivity index (χ4v) is 1.76. The highest BCUT2D eigenvalue weighted by atomic mass is 16.2. The van der Waals surface area contributed by atoms with Crippen LogP contribution in [0.5, 0.6) is 0 Å². The molecule has 0 aliphatic rings. The van der Waals surface area contributed by atoms with Crippen molar-refractivity contribution < 1.29 is 9.59 Å². The van der Waals surface area contributed by atoms with Gasteiger partial charge in [0.25, 0.3) is 5.91 Å². The van der Waals surface area contributed by atoms with Crippen molar-refractivity contribution in [1.82, 2.24) is 14.7 Å². The predicted molar refractivity (Wildman–Crippen MR) is 72.2 cm³/mol. The summed E-state index contributed by atoms with van der Waals surface area (Å²) in [5.41, 5.74) is 11.4. The van der Waals surface area contributed by atoms with Gasteiger partial charge in [0, 0.05) is 19.3 Å². The molecule has 0 unspecified atom stereocenters. The van der Waals surface area contributed by atoms with E-state index in [4.69, 9.17) is 11.5 Å². The van der Waals surface area contributed by atoms with Gasteiger partial charge in [-0.1, -0.05) is 13.8 Å². The van der Waals surface area contributed by atoms with E-state index in [2.05, 4.69) is 5.10 Å². The van der Waals surface area contributed by atoms with Gasteiger partial charge in [-0.3, -0.25) is 14.3 Å². The van der Waals surface area contributed by atoms with Crippen molar-refractivity contribution >= 4 is 17.5 Å². The van der Waals surface area contributed by atoms with E-state index in [1.807, 2.05) is 20.8 Å². The summed E-state index contributed by atoms with van der Waals surface area (Å²) in [5, 5.41) is 4.11. The van der Waals surface area contributed by atoms with E-state index < -0.39 is 5.91 Å². The first-order valence-electron chi connectivity index (χ1n) is 6.25. The Morgan fingerprint density at radius 2 is 2.11 bits per heavy atom. The van der Waals surface area contributed by atoms with Gasteiger partial charge in [0.05, 0.1) is 12.2 Å². The number of nitrogen functional groups attached to an aromatic ring is 1. The zero-order chi connectivity index (χ0) is 14.6. The summed E-state index contributed by atoms with van der Waals surface area (Å²) in [6, 6.07) is 0. The number of nitrogens with two attached hydrogens (primary N) is 2. The van der Waals surface area contributed by atoms with E-state index in [0.29, 0.717) is 18.8 Å². The molecule has 19 heavy (non-hydrogen) atoms. The molecule has 1 rings (SSSR count). The molecule has 2 amide bonds. The Labute approximate surface area is 112 Å². The molecule has 0 bridgehead atoms. The number of hydrogen-bond acceptors (Lipinski definition) is 4. The van der Waals surface area contributed by atoms with E-state index in [0.717, 1.165) is 0 Å². The highest BCUT2D eigenvalue weighted by Crippen LogP contribution is 2.13. The SMILES string of the molecule is CCn1cc(N)c(C(=O)N(CC(N)=O)CC(C)C)n1. The van der Waals surface area contributed by atoms with E-state index in [1.54, 1.807) is 10.9 Å². The van der Waals surface area contributed by atoms with Crippen LogP contribution in [0.4, 0.5) is 5.69 Å². The first kappa shape index (κ1) is 15.0. The second-order valence-corrected chi connectivity index (χ2v) is 4.83. The van der Waals surface area contributed by atoms with Crippen LogP contribution < -0.4 is 11.5 Å². The van der Waals surface area contributed by atoms with Crippen molar-refractivity contribution in [2.75, 3.05) is 18.8 Å². The van der Waals surface area contributed by atoms with Gasteiger partial charge in [0.15, 0.2) is 5.69 Å². The van der Waals surface area contributed by atoms with Crippen molar-refractivity contribution in [2.24, 2.45) is 11.7 Å². The van der Waals surface area contributed by atoms with Gasteiger partial charge in [0.2, 0.25) is 5.91 Å². The predicted octanol–water partition coefficient (Wildman–Crippen LogP) is 0.0687. The lowest BCUT2D eigenvalue weighted by Gasteiger charge is -2.22. The Morgan fingerprint density at radius 3 is 2.53 bits per heavy atom. The molecule has 7 nitrogen and oxygen atoms in total. The van der Waals surface area contributed by atoms with Gasteiger partial charge >= 0.3 is 0 Å². The molecule has 0 aliphatic carbocycles. The minimum absolute atomic E-state index is 0.130. The molecule has 1 aromatic heterocycles. The summed E-state index contributed by atoms with van der Waals surface area (Å²) in [6.45, 7) is 6.73. The molecule has 0 saturated carbocycles. The lowest BCUT2D eigenvalue weighted by Crippen LogP contribution is -2.41. The molecule has 0 aliphatic heterocycles. The molecule has 0 radical (unpaired) electrons. The second-order valence-electron chi connectivity index (χ2n) is 4.83. The topological polar surface area (TPSA) is 107 Å². The van der Waals surface area contributed by atoms with Crippen LogP contribution in [0.2, 0.25) is 0 Å². The van der Waals surface area contributed by atoms with Crippen molar-refractivity contribution in [2.45, 2.75) is 27.3 Å². The third-order valence-corrected chi connectivity index (χ3v) is 2.54. The number of amides is 2. The van der Waals surface area contributed by atoms with Crippen LogP contribution in [0.15, 0.2) is 6.20 Å². The van der Waals surface area contributed by atoms with E-state index in [-0.39, 0.29) is 24.1 Å². The number of carbonyl (C=O) groups is 2. The first-order chi connectivity index (χ1) is 8.85. The van der Waals surface area contributed by atoms with Gasteiger partial charge < -0.3 is 16.4 Å². The van der Waals surface area contributed by atoms with Crippen LogP contribution >= 0.6 is 0 Å². The molecular formula is C12H21N5O2. The average Bonchev–Trinajstić information content (AvgIpc) is 2.67. The summed E-state index contributed by atoms with van der Waals surface area (Å²) in [6.07, 6.45) is 1.60. The molecule has 0 aromatic carbocycles. The quantitative estimate of drug-likeness (QED) is 0.760. The highest BCUT2D eigenvalue weighted by molar-refractivity contribution is 5.98. The van der Waals surface area contributed by atoms with Gasteiger partial charge in [-0.25, -0.2) is 0 Å². The van der Waals surface area contributed by atoms with Crippen molar-refractivity contribution in [3.05, 3.63) is 11.9 Å². The molecule has 1 heterocycles. The lowest BCUT2D eigenvalue weighted by atomic mass is 10.2. The van der Waals surface area contributed by atoms with Crippen LogP contribution in [0, 0.1) is 5.92 Å². The highest BCUT2D eigenvalue weighted by Gasteiger charge is 2.23. The minimum atomic E-state index is -0.553. The fraction of sp³-hybridized carbons (Fsp3) is 0.583. The maximum absolute atomic E-state index is 12.3. The average molecular weight is 267 g/mol. The molecule has 0 fully saturated rings. The summed E-state index contributed by atoms with van der Waals surface area (Å²) < 4.78 is 1.58. The Bertz CT molecular complexity index is 467. The summed E-state index contributed by atoms with van der Waals surface area (Å²) >= 11 is 0. The molecular weight excluding hydrogens is 246 g/mol. The summed E-state index contributed by atoms with van der Waals surface area (Å²) in [7, 11) is 0. The van der Waals surface area contributed by atoms with Gasteiger partial charge in [-0.05, 0) is 12.8 Å². The third-order valence-electron chi connectivity index (χ3n) is 2.54. The molecule has 1 aromatic rings. The Kier molecular flexibility index (Phi) is 4.91. The van der Waals surface area contributed by atoms with Gasteiger partial charge in [-0.2, -0.15) is 5.10 Å². The molecule has 0 spiro atoms. The molecule has 0 saturated heterocycles. The zero-order valence-electron chi connectivity index (χ0n) is 11.6. The maximum atomic E-state index is 12.3. The maximum Gasteiger partial charge on any atom is 0.276 e. The Balaban J connectivity index is 2.96. The molecule has 4 N–H and O–H groups in total. The summed E-state index contributed by atoms with van der Waals surface area (Å²) in [4.78, 5) is 24.8. The van der Waals surface area contributed by atoms with E-state index in [1.165, 1.54) is 4.90 Å². The van der Waals surface area contributed by atoms with Crippen LogP contribution in [0.1, 0.15) is 31.3 Å². The largest absolute Gasteiger partial charge is 0.396 e. The second kappa shape index (κ2) is 6.21. The number of aryl methyl sites for hydroxylation is 1.